The number of hydrogen-bond acceptors (Lipinski definition) is 4. The monoisotopic (exact) mass is 349 g/mol. The largest absolute Gasteiger partial charge is 0.493 e. The lowest BCUT2D eigenvalue weighted by Gasteiger charge is -2.13. The van der Waals surface area contributed by atoms with Gasteiger partial charge in [-0.25, -0.2) is 0 Å². The summed E-state index contributed by atoms with van der Waals surface area (Å²) >= 11 is 6.31. The zero-order valence-electron chi connectivity index (χ0n) is 14.6. The van der Waals surface area contributed by atoms with Crippen LogP contribution in [0.4, 0.5) is 0 Å². The predicted octanol–water partition coefficient (Wildman–Crippen LogP) is 4.43. The molecule has 2 aromatic rings. The molecule has 0 saturated heterocycles. The lowest BCUT2D eigenvalue weighted by molar-refractivity contribution is 0.242. The average molecular weight is 350 g/mol. The summed E-state index contributed by atoms with van der Waals surface area (Å²) in [5.74, 6) is 2.18. The highest BCUT2D eigenvalue weighted by atomic mass is 35.5. The van der Waals surface area contributed by atoms with Crippen molar-refractivity contribution in [3.8, 4) is 17.2 Å². The van der Waals surface area contributed by atoms with Crippen LogP contribution in [-0.4, -0.2) is 20.3 Å². The van der Waals surface area contributed by atoms with Crippen LogP contribution in [0.1, 0.15) is 25.0 Å². The summed E-state index contributed by atoms with van der Waals surface area (Å²) in [4.78, 5) is 0. The lowest BCUT2D eigenvalue weighted by atomic mass is 10.1. The summed E-state index contributed by atoms with van der Waals surface area (Å²) < 4.78 is 16.3. The average Bonchev–Trinajstić information content (AvgIpc) is 2.55. The topological polar surface area (TPSA) is 39.7 Å². The Labute approximate surface area is 148 Å². The van der Waals surface area contributed by atoms with Crippen molar-refractivity contribution >= 4 is 11.6 Å². The Balaban J connectivity index is 1.99. The maximum absolute atomic E-state index is 6.31. The number of halogens is 1. The fourth-order valence-electron chi connectivity index (χ4n) is 2.37. The molecule has 0 atom stereocenters. The van der Waals surface area contributed by atoms with Crippen LogP contribution in [0.3, 0.4) is 0 Å². The Kier molecular flexibility index (Phi) is 6.76. The fourth-order valence-corrected chi connectivity index (χ4v) is 2.59. The number of ether oxygens (including phenoxy) is 3. The van der Waals surface area contributed by atoms with Gasteiger partial charge >= 0.3 is 0 Å². The van der Waals surface area contributed by atoms with Crippen molar-refractivity contribution in [3.05, 3.63) is 52.5 Å². The van der Waals surface area contributed by atoms with E-state index in [2.05, 4.69) is 11.4 Å². The van der Waals surface area contributed by atoms with Crippen molar-refractivity contribution in [2.75, 3.05) is 14.2 Å². The Morgan fingerprint density at radius 3 is 2.38 bits per heavy atom. The molecule has 5 heteroatoms. The number of rotatable bonds is 8. The third-order valence-corrected chi connectivity index (χ3v) is 3.82. The van der Waals surface area contributed by atoms with Gasteiger partial charge in [-0.1, -0.05) is 23.7 Å². The lowest BCUT2D eigenvalue weighted by Crippen LogP contribution is -2.13. The summed E-state index contributed by atoms with van der Waals surface area (Å²) in [6.45, 7) is 5.39. The third-order valence-electron chi connectivity index (χ3n) is 3.47. The van der Waals surface area contributed by atoms with Crippen molar-refractivity contribution in [1.82, 2.24) is 5.32 Å². The van der Waals surface area contributed by atoms with Gasteiger partial charge in [0.15, 0.2) is 11.5 Å². The van der Waals surface area contributed by atoms with E-state index in [1.165, 1.54) is 0 Å². The molecule has 4 nitrogen and oxygen atoms in total. The highest BCUT2D eigenvalue weighted by molar-refractivity contribution is 6.31. The summed E-state index contributed by atoms with van der Waals surface area (Å²) in [6.07, 6.45) is 0.166. The van der Waals surface area contributed by atoms with Gasteiger partial charge in [0.1, 0.15) is 5.75 Å². The highest BCUT2D eigenvalue weighted by Crippen LogP contribution is 2.33. The fraction of sp³-hybridized carbons (Fsp3) is 0.368. The normalized spacial score (nSPS) is 10.8. The van der Waals surface area contributed by atoms with Gasteiger partial charge in [0.25, 0.3) is 0 Å². The van der Waals surface area contributed by atoms with E-state index >= 15 is 0 Å². The van der Waals surface area contributed by atoms with Gasteiger partial charge in [-0.3, -0.25) is 0 Å². The van der Waals surface area contributed by atoms with E-state index in [9.17, 15) is 0 Å². The number of hydrogen-bond donors (Lipinski definition) is 1. The maximum Gasteiger partial charge on any atom is 0.162 e. The van der Waals surface area contributed by atoms with Crippen LogP contribution in [0, 0.1) is 0 Å². The van der Waals surface area contributed by atoms with Gasteiger partial charge in [0.05, 0.1) is 20.3 Å². The van der Waals surface area contributed by atoms with Gasteiger partial charge in [-0.2, -0.15) is 0 Å². The zero-order chi connectivity index (χ0) is 17.5. The standard InChI is InChI=1S/C19H24ClNO3/c1-13(2)24-16-7-5-6-14(8-16)11-21-12-15-9-18(22-3)19(23-4)10-17(15)20/h5-10,13,21H,11-12H2,1-4H3. The van der Waals surface area contributed by atoms with E-state index in [1.807, 2.05) is 38.1 Å². The molecular formula is C19H24ClNO3. The first-order chi connectivity index (χ1) is 11.5. The molecule has 0 aliphatic carbocycles. The van der Waals surface area contributed by atoms with Crippen LogP contribution in [0.2, 0.25) is 5.02 Å². The molecule has 0 radical (unpaired) electrons. The second kappa shape index (κ2) is 8.81. The molecule has 0 amide bonds. The molecule has 0 spiro atoms. The Bertz CT molecular complexity index is 674. The van der Waals surface area contributed by atoms with Gasteiger partial charge in [0.2, 0.25) is 0 Å². The maximum atomic E-state index is 6.31. The zero-order valence-corrected chi connectivity index (χ0v) is 15.3. The van der Waals surface area contributed by atoms with E-state index in [0.717, 1.165) is 23.4 Å². The molecule has 0 fully saturated rings. The van der Waals surface area contributed by atoms with Crippen LogP contribution in [-0.2, 0) is 13.1 Å². The van der Waals surface area contributed by atoms with Gasteiger partial charge in [0, 0.05) is 24.2 Å². The quantitative estimate of drug-likeness (QED) is 0.765. The summed E-state index contributed by atoms with van der Waals surface area (Å²) in [5, 5.41) is 4.04. The van der Waals surface area contributed by atoms with Crippen molar-refractivity contribution < 1.29 is 14.2 Å². The van der Waals surface area contributed by atoms with Crippen molar-refractivity contribution in [2.45, 2.75) is 33.0 Å². The minimum Gasteiger partial charge on any atom is -0.493 e. The van der Waals surface area contributed by atoms with Gasteiger partial charge in [-0.15, -0.1) is 0 Å². The van der Waals surface area contributed by atoms with Crippen LogP contribution in [0.15, 0.2) is 36.4 Å². The van der Waals surface area contributed by atoms with Crippen LogP contribution < -0.4 is 19.5 Å². The Morgan fingerprint density at radius 1 is 1.00 bits per heavy atom. The highest BCUT2D eigenvalue weighted by Gasteiger charge is 2.09. The van der Waals surface area contributed by atoms with Crippen molar-refractivity contribution in [2.24, 2.45) is 0 Å². The first-order valence-corrected chi connectivity index (χ1v) is 8.28. The Morgan fingerprint density at radius 2 is 1.71 bits per heavy atom. The first-order valence-electron chi connectivity index (χ1n) is 7.90. The SMILES string of the molecule is COc1cc(Cl)c(CNCc2cccc(OC(C)C)c2)cc1OC. The molecular weight excluding hydrogens is 326 g/mol. The second-order valence-electron chi connectivity index (χ2n) is 5.72. The van der Waals surface area contributed by atoms with Gasteiger partial charge in [-0.05, 0) is 43.2 Å². The summed E-state index contributed by atoms with van der Waals surface area (Å²) in [7, 11) is 3.21. The number of benzene rings is 2. The van der Waals surface area contributed by atoms with Crippen LogP contribution in [0.5, 0.6) is 17.2 Å². The minimum atomic E-state index is 0.166. The molecule has 0 saturated carbocycles. The molecule has 2 aromatic carbocycles. The molecule has 0 heterocycles. The molecule has 0 unspecified atom stereocenters. The number of nitrogens with one attached hydrogen (secondary N) is 1. The van der Waals surface area contributed by atoms with E-state index in [0.29, 0.717) is 23.1 Å². The second-order valence-corrected chi connectivity index (χ2v) is 6.12. The van der Waals surface area contributed by atoms with Crippen LogP contribution in [0.25, 0.3) is 0 Å². The van der Waals surface area contributed by atoms with E-state index < -0.39 is 0 Å². The third kappa shape index (κ3) is 5.05. The van der Waals surface area contributed by atoms with Gasteiger partial charge < -0.3 is 19.5 Å². The molecule has 0 aliphatic heterocycles. The first kappa shape index (κ1) is 18.4. The van der Waals surface area contributed by atoms with Crippen LogP contribution >= 0.6 is 11.6 Å². The molecule has 0 aliphatic rings. The predicted molar refractivity (Wildman–Crippen MR) is 97.3 cm³/mol. The Hall–Kier alpha value is -1.91. The molecule has 2 rings (SSSR count). The molecule has 130 valence electrons. The smallest absolute Gasteiger partial charge is 0.162 e. The number of methoxy groups -OCH3 is 2. The summed E-state index contributed by atoms with van der Waals surface area (Å²) in [5.41, 5.74) is 2.12. The molecule has 0 aromatic heterocycles. The minimum absolute atomic E-state index is 0.166. The molecule has 1 N–H and O–H groups in total. The van der Waals surface area contributed by atoms with Crippen molar-refractivity contribution in [1.29, 1.82) is 0 Å². The molecule has 0 bridgehead atoms. The van der Waals surface area contributed by atoms with E-state index in [-0.39, 0.29) is 6.10 Å². The summed E-state index contributed by atoms with van der Waals surface area (Å²) in [6, 6.07) is 11.7. The van der Waals surface area contributed by atoms with E-state index in [4.69, 9.17) is 25.8 Å². The van der Waals surface area contributed by atoms with Crippen molar-refractivity contribution in [3.63, 3.8) is 0 Å². The van der Waals surface area contributed by atoms with E-state index in [1.54, 1.807) is 20.3 Å². The molecule has 24 heavy (non-hydrogen) atoms.